The van der Waals surface area contributed by atoms with Crippen LogP contribution in [0.5, 0.6) is 0 Å². The Morgan fingerprint density at radius 1 is 1.57 bits per heavy atom. The summed E-state index contributed by atoms with van der Waals surface area (Å²) in [6, 6.07) is 3.62. The van der Waals surface area contributed by atoms with Crippen LogP contribution in [0.15, 0.2) is 18.3 Å². The van der Waals surface area contributed by atoms with Crippen molar-refractivity contribution in [2.75, 3.05) is 21.2 Å². The molecular weight excluding hydrogens is 180 g/mol. The minimum absolute atomic E-state index is 0.354. The van der Waals surface area contributed by atoms with Crippen LogP contribution in [0.4, 0.5) is 0 Å². The molecule has 0 atom stereocenters. The Bertz CT molecular complexity index is 324. The van der Waals surface area contributed by atoms with Crippen molar-refractivity contribution >= 4 is 5.97 Å². The third-order valence-electron chi connectivity index (χ3n) is 1.72. The van der Waals surface area contributed by atoms with Gasteiger partial charge in [0.25, 0.3) is 0 Å². The second kappa shape index (κ2) is 4.72. The van der Waals surface area contributed by atoms with E-state index in [9.17, 15) is 4.79 Å². The summed E-state index contributed by atoms with van der Waals surface area (Å²) in [5, 5.41) is 0. The number of esters is 1. The Balaban J connectivity index is 2.84. The monoisotopic (exact) mass is 194 g/mol. The molecule has 76 valence electrons. The molecule has 0 aliphatic rings. The van der Waals surface area contributed by atoms with Crippen molar-refractivity contribution in [3.63, 3.8) is 0 Å². The van der Waals surface area contributed by atoms with E-state index in [1.54, 1.807) is 12.3 Å². The molecule has 1 aromatic rings. The van der Waals surface area contributed by atoms with Gasteiger partial charge in [-0.3, -0.25) is 0 Å². The molecule has 1 rings (SSSR count). The summed E-state index contributed by atoms with van der Waals surface area (Å²) in [5.41, 5.74) is 1.40. The summed E-state index contributed by atoms with van der Waals surface area (Å²) in [5.74, 6) is -0.398. The van der Waals surface area contributed by atoms with Crippen LogP contribution in [0.25, 0.3) is 0 Å². The number of methoxy groups -OCH3 is 1. The molecule has 0 aliphatic carbocycles. The maximum Gasteiger partial charge on any atom is 0.356 e. The van der Waals surface area contributed by atoms with Crippen molar-refractivity contribution in [1.82, 2.24) is 9.88 Å². The van der Waals surface area contributed by atoms with Crippen molar-refractivity contribution < 1.29 is 9.53 Å². The molecule has 4 heteroatoms. The number of carbonyl (C=O) groups excluding carboxylic acids is 1. The predicted octanol–water partition coefficient (Wildman–Crippen LogP) is 0.930. The van der Waals surface area contributed by atoms with Gasteiger partial charge in [-0.1, -0.05) is 0 Å². The van der Waals surface area contributed by atoms with Gasteiger partial charge in [0.1, 0.15) is 5.69 Å². The third kappa shape index (κ3) is 2.81. The van der Waals surface area contributed by atoms with Gasteiger partial charge in [-0.25, -0.2) is 9.78 Å². The van der Waals surface area contributed by atoms with E-state index in [0.29, 0.717) is 5.69 Å². The minimum Gasteiger partial charge on any atom is -0.464 e. The summed E-state index contributed by atoms with van der Waals surface area (Å²) in [7, 11) is 5.29. The van der Waals surface area contributed by atoms with E-state index >= 15 is 0 Å². The molecule has 0 N–H and O–H groups in total. The Morgan fingerprint density at radius 2 is 2.29 bits per heavy atom. The molecule has 0 aromatic carbocycles. The second-order valence-corrected chi connectivity index (χ2v) is 3.28. The summed E-state index contributed by atoms with van der Waals surface area (Å²) < 4.78 is 4.58. The van der Waals surface area contributed by atoms with Crippen LogP contribution in [0.2, 0.25) is 0 Å². The maximum atomic E-state index is 11.2. The highest BCUT2D eigenvalue weighted by atomic mass is 16.5. The molecule has 0 unspecified atom stereocenters. The lowest BCUT2D eigenvalue weighted by Crippen LogP contribution is -2.12. The van der Waals surface area contributed by atoms with Crippen LogP contribution >= 0.6 is 0 Å². The number of hydrogen-bond donors (Lipinski definition) is 0. The number of hydrogen-bond acceptors (Lipinski definition) is 4. The number of aromatic nitrogens is 1. The van der Waals surface area contributed by atoms with Crippen LogP contribution < -0.4 is 0 Å². The Labute approximate surface area is 83.5 Å². The SMILES string of the molecule is COC(=O)c1cc(CN(C)C)ccn1. The van der Waals surface area contributed by atoms with Gasteiger partial charge in [0.15, 0.2) is 0 Å². The Hall–Kier alpha value is -1.42. The largest absolute Gasteiger partial charge is 0.464 e. The fraction of sp³-hybridized carbons (Fsp3) is 0.400. The molecule has 0 fully saturated rings. The highest BCUT2D eigenvalue weighted by Gasteiger charge is 2.07. The fourth-order valence-electron chi connectivity index (χ4n) is 1.15. The predicted molar refractivity (Wildman–Crippen MR) is 53.0 cm³/mol. The van der Waals surface area contributed by atoms with Crippen molar-refractivity contribution in [2.24, 2.45) is 0 Å². The van der Waals surface area contributed by atoms with Crippen LogP contribution in [-0.4, -0.2) is 37.1 Å². The highest BCUT2D eigenvalue weighted by Crippen LogP contribution is 2.04. The zero-order valence-electron chi connectivity index (χ0n) is 8.65. The lowest BCUT2D eigenvalue weighted by molar-refractivity contribution is 0.0594. The Kier molecular flexibility index (Phi) is 3.59. The zero-order chi connectivity index (χ0) is 10.6. The van der Waals surface area contributed by atoms with E-state index in [1.807, 2.05) is 25.1 Å². The first-order chi connectivity index (χ1) is 6.63. The highest BCUT2D eigenvalue weighted by molar-refractivity contribution is 5.87. The molecule has 4 nitrogen and oxygen atoms in total. The van der Waals surface area contributed by atoms with Crippen molar-refractivity contribution in [3.05, 3.63) is 29.6 Å². The van der Waals surface area contributed by atoms with Gasteiger partial charge in [0.2, 0.25) is 0 Å². The molecule has 1 heterocycles. The average molecular weight is 194 g/mol. The van der Waals surface area contributed by atoms with Crippen LogP contribution in [-0.2, 0) is 11.3 Å². The van der Waals surface area contributed by atoms with E-state index in [2.05, 4.69) is 9.72 Å². The Morgan fingerprint density at radius 3 is 2.86 bits per heavy atom. The zero-order valence-corrected chi connectivity index (χ0v) is 8.65. The van der Waals surface area contributed by atoms with E-state index in [0.717, 1.165) is 12.1 Å². The normalized spacial score (nSPS) is 10.3. The van der Waals surface area contributed by atoms with Gasteiger partial charge in [-0.2, -0.15) is 0 Å². The quantitative estimate of drug-likeness (QED) is 0.671. The molecule has 0 saturated carbocycles. The molecule has 0 spiro atoms. The van der Waals surface area contributed by atoms with Crippen molar-refractivity contribution in [3.8, 4) is 0 Å². The van der Waals surface area contributed by atoms with Gasteiger partial charge in [0, 0.05) is 12.7 Å². The molecule has 0 radical (unpaired) electrons. The van der Waals surface area contributed by atoms with Gasteiger partial charge in [-0.05, 0) is 31.8 Å². The number of ether oxygens (including phenoxy) is 1. The summed E-state index contributed by atoms with van der Waals surface area (Å²) in [4.78, 5) is 17.1. The number of pyridine rings is 1. The number of rotatable bonds is 3. The van der Waals surface area contributed by atoms with Crippen molar-refractivity contribution in [2.45, 2.75) is 6.54 Å². The standard InChI is InChI=1S/C10H14N2O2/c1-12(2)7-8-4-5-11-9(6-8)10(13)14-3/h4-6H,7H2,1-3H3. The van der Waals surface area contributed by atoms with E-state index in [1.165, 1.54) is 7.11 Å². The van der Waals surface area contributed by atoms with E-state index in [4.69, 9.17) is 0 Å². The average Bonchev–Trinajstić information content (AvgIpc) is 2.16. The molecule has 0 saturated heterocycles. The summed E-state index contributed by atoms with van der Waals surface area (Å²) in [6.07, 6.45) is 1.62. The first-order valence-electron chi connectivity index (χ1n) is 4.31. The van der Waals surface area contributed by atoms with Gasteiger partial charge < -0.3 is 9.64 Å². The first kappa shape index (κ1) is 10.7. The summed E-state index contributed by atoms with van der Waals surface area (Å²) >= 11 is 0. The van der Waals surface area contributed by atoms with Gasteiger partial charge >= 0.3 is 5.97 Å². The second-order valence-electron chi connectivity index (χ2n) is 3.28. The third-order valence-corrected chi connectivity index (χ3v) is 1.72. The topological polar surface area (TPSA) is 42.4 Å². The molecule has 14 heavy (non-hydrogen) atoms. The lowest BCUT2D eigenvalue weighted by atomic mass is 10.2. The van der Waals surface area contributed by atoms with Crippen LogP contribution in [0.1, 0.15) is 16.1 Å². The van der Waals surface area contributed by atoms with Gasteiger partial charge in [0.05, 0.1) is 7.11 Å². The molecular formula is C10H14N2O2. The number of carbonyl (C=O) groups is 1. The van der Waals surface area contributed by atoms with Crippen LogP contribution in [0, 0.1) is 0 Å². The molecule has 0 bridgehead atoms. The number of nitrogens with zero attached hydrogens (tertiary/aromatic N) is 2. The fourth-order valence-corrected chi connectivity index (χ4v) is 1.15. The maximum absolute atomic E-state index is 11.2. The van der Waals surface area contributed by atoms with Crippen molar-refractivity contribution in [1.29, 1.82) is 0 Å². The molecule has 1 aromatic heterocycles. The van der Waals surface area contributed by atoms with Crippen LogP contribution in [0.3, 0.4) is 0 Å². The smallest absolute Gasteiger partial charge is 0.356 e. The van der Waals surface area contributed by atoms with E-state index in [-0.39, 0.29) is 0 Å². The van der Waals surface area contributed by atoms with E-state index < -0.39 is 5.97 Å². The van der Waals surface area contributed by atoms with Gasteiger partial charge in [-0.15, -0.1) is 0 Å². The molecule has 0 amide bonds. The lowest BCUT2D eigenvalue weighted by Gasteiger charge is -2.09. The summed E-state index contributed by atoms with van der Waals surface area (Å²) in [6.45, 7) is 0.784. The molecule has 0 aliphatic heterocycles. The minimum atomic E-state index is -0.398. The first-order valence-corrected chi connectivity index (χ1v) is 4.31.